The minimum absolute atomic E-state index is 0.0732. The van der Waals surface area contributed by atoms with Crippen molar-refractivity contribution in [2.24, 2.45) is 5.92 Å². The number of aryl methyl sites for hydroxylation is 1. The first kappa shape index (κ1) is 15.5. The summed E-state index contributed by atoms with van der Waals surface area (Å²) in [5.41, 5.74) is 3.19. The Kier molecular flexibility index (Phi) is 4.60. The Morgan fingerprint density at radius 2 is 1.96 bits per heavy atom. The molecule has 0 spiro atoms. The van der Waals surface area contributed by atoms with Gasteiger partial charge in [-0.15, -0.1) is 5.10 Å². The highest BCUT2D eigenvalue weighted by Gasteiger charge is 2.14. The Labute approximate surface area is 137 Å². The highest BCUT2D eigenvalue weighted by Crippen LogP contribution is 2.27. The number of anilines is 1. The minimum atomic E-state index is -0.0732. The van der Waals surface area contributed by atoms with E-state index in [0.717, 1.165) is 30.0 Å². The number of carbonyl (C=O) groups is 1. The van der Waals surface area contributed by atoms with Gasteiger partial charge in [0.15, 0.2) is 5.82 Å². The standard InChI is InChI=1S/C19H23N3O/c1-14-8-10-16(11-9-14)12-18(23)20-19-15(2)13-22(21-19)17-6-4-3-5-7-17/h3-7,12-14H,8-11H2,1-2H3,(H,20,21,23). The molecule has 23 heavy (non-hydrogen) atoms. The van der Waals surface area contributed by atoms with Crippen molar-refractivity contribution in [2.45, 2.75) is 39.5 Å². The number of rotatable bonds is 3. The summed E-state index contributed by atoms with van der Waals surface area (Å²) in [6, 6.07) is 9.89. The minimum Gasteiger partial charge on any atom is -0.305 e. The SMILES string of the molecule is Cc1cn(-c2ccccc2)nc1NC(=O)C=C1CCC(C)CC1. The summed E-state index contributed by atoms with van der Waals surface area (Å²) >= 11 is 0. The van der Waals surface area contributed by atoms with E-state index in [4.69, 9.17) is 0 Å². The molecule has 4 nitrogen and oxygen atoms in total. The normalized spacial score (nSPS) is 17.8. The summed E-state index contributed by atoms with van der Waals surface area (Å²) in [4.78, 5) is 12.2. The molecule has 1 fully saturated rings. The lowest BCUT2D eigenvalue weighted by Crippen LogP contribution is -2.12. The molecule has 0 saturated heterocycles. The van der Waals surface area contributed by atoms with E-state index in [1.807, 2.05) is 43.5 Å². The molecular weight excluding hydrogens is 286 g/mol. The van der Waals surface area contributed by atoms with Gasteiger partial charge in [0, 0.05) is 17.8 Å². The highest BCUT2D eigenvalue weighted by molar-refractivity contribution is 5.99. The third-order valence-corrected chi connectivity index (χ3v) is 4.41. The second-order valence-electron chi connectivity index (χ2n) is 6.42. The molecule has 1 aliphatic carbocycles. The quantitative estimate of drug-likeness (QED) is 0.861. The molecule has 120 valence electrons. The van der Waals surface area contributed by atoms with E-state index in [9.17, 15) is 4.79 Å². The van der Waals surface area contributed by atoms with Crippen molar-refractivity contribution in [1.29, 1.82) is 0 Å². The topological polar surface area (TPSA) is 46.9 Å². The first-order valence-corrected chi connectivity index (χ1v) is 8.24. The van der Waals surface area contributed by atoms with E-state index >= 15 is 0 Å². The largest absolute Gasteiger partial charge is 0.305 e. The van der Waals surface area contributed by atoms with Crippen molar-refractivity contribution in [3.05, 3.63) is 53.7 Å². The lowest BCUT2D eigenvalue weighted by atomic mass is 9.87. The number of carbonyl (C=O) groups excluding carboxylic acids is 1. The number of hydrogen-bond donors (Lipinski definition) is 1. The van der Waals surface area contributed by atoms with Crippen molar-refractivity contribution in [1.82, 2.24) is 9.78 Å². The summed E-state index contributed by atoms with van der Waals surface area (Å²) in [5.74, 6) is 1.33. The summed E-state index contributed by atoms with van der Waals surface area (Å²) in [6.07, 6.45) is 8.12. The molecule has 0 radical (unpaired) electrons. The Morgan fingerprint density at radius 3 is 2.65 bits per heavy atom. The average Bonchev–Trinajstić information content (AvgIpc) is 2.91. The van der Waals surface area contributed by atoms with E-state index in [0.29, 0.717) is 5.82 Å². The van der Waals surface area contributed by atoms with Crippen molar-refractivity contribution in [3.63, 3.8) is 0 Å². The van der Waals surface area contributed by atoms with Gasteiger partial charge in [0.05, 0.1) is 5.69 Å². The zero-order valence-electron chi connectivity index (χ0n) is 13.7. The van der Waals surface area contributed by atoms with Crippen LogP contribution in [0.2, 0.25) is 0 Å². The molecule has 2 aromatic rings. The zero-order valence-corrected chi connectivity index (χ0v) is 13.7. The number of amides is 1. The van der Waals surface area contributed by atoms with Crippen LogP contribution in [0.5, 0.6) is 0 Å². The molecule has 1 saturated carbocycles. The predicted octanol–water partition coefficient (Wildman–Crippen LogP) is 4.26. The zero-order chi connectivity index (χ0) is 16.2. The summed E-state index contributed by atoms with van der Waals surface area (Å²) in [7, 11) is 0. The van der Waals surface area contributed by atoms with Crippen LogP contribution >= 0.6 is 0 Å². The third kappa shape index (κ3) is 3.89. The van der Waals surface area contributed by atoms with Gasteiger partial charge in [0.2, 0.25) is 5.91 Å². The van der Waals surface area contributed by atoms with Crippen LogP contribution in [0.25, 0.3) is 5.69 Å². The van der Waals surface area contributed by atoms with Crippen LogP contribution in [0, 0.1) is 12.8 Å². The van der Waals surface area contributed by atoms with Crippen LogP contribution in [0.4, 0.5) is 5.82 Å². The molecule has 1 aromatic heterocycles. The molecule has 0 aliphatic heterocycles. The molecule has 1 aliphatic rings. The van der Waals surface area contributed by atoms with Gasteiger partial charge in [-0.25, -0.2) is 4.68 Å². The fourth-order valence-electron chi connectivity index (χ4n) is 2.91. The first-order chi connectivity index (χ1) is 11.1. The average molecular weight is 309 g/mol. The number of para-hydroxylation sites is 1. The second-order valence-corrected chi connectivity index (χ2v) is 6.42. The van der Waals surface area contributed by atoms with Gasteiger partial charge in [0.1, 0.15) is 0 Å². The molecule has 3 rings (SSSR count). The maximum Gasteiger partial charge on any atom is 0.249 e. The van der Waals surface area contributed by atoms with E-state index in [1.165, 1.54) is 18.4 Å². The number of hydrogen-bond acceptors (Lipinski definition) is 2. The van der Waals surface area contributed by atoms with E-state index in [1.54, 1.807) is 10.8 Å². The van der Waals surface area contributed by atoms with Gasteiger partial charge in [-0.1, -0.05) is 30.7 Å². The Hall–Kier alpha value is -2.36. The van der Waals surface area contributed by atoms with E-state index in [2.05, 4.69) is 17.3 Å². The molecule has 0 atom stereocenters. The molecule has 0 bridgehead atoms. The van der Waals surface area contributed by atoms with Crippen LogP contribution < -0.4 is 5.32 Å². The molecule has 1 amide bonds. The van der Waals surface area contributed by atoms with Crippen molar-refractivity contribution in [3.8, 4) is 5.69 Å². The monoisotopic (exact) mass is 309 g/mol. The van der Waals surface area contributed by atoms with Crippen molar-refractivity contribution >= 4 is 11.7 Å². The van der Waals surface area contributed by atoms with Crippen molar-refractivity contribution < 1.29 is 4.79 Å². The molecular formula is C19H23N3O. The number of nitrogens with one attached hydrogen (secondary N) is 1. The fraction of sp³-hybridized carbons (Fsp3) is 0.368. The summed E-state index contributed by atoms with van der Waals surface area (Å²) in [6.45, 7) is 4.23. The van der Waals surface area contributed by atoms with Gasteiger partial charge in [0.25, 0.3) is 0 Å². The number of allylic oxidation sites excluding steroid dienone is 1. The maximum atomic E-state index is 12.2. The number of nitrogens with zero attached hydrogens (tertiary/aromatic N) is 2. The Bertz CT molecular complexity index is 705. The smallest absolute Gasteiger partial charge is 0.249 e. The molecule has 1 aromatic carbocycles. The van der Waals surface area contributed by atoms with Crippen LogP contribution in [0.1, 0.15) is 38.2 Å². The Balaban J connectivity index is 1.70. The summed E-state index contributed by atoms with van der Waals surface area (Å²) < 4.78 is 1.79. The number of aromatic nitrogens is 2. The molecule has 4 heteroatoms. The third-order valence-electron chi connectivity index (χ3n) is 4.41. The molecule has 0 unspecified atom stereocenters. The lowest BCUT2D eigenvalue weighted by Gasteiger charge is -2.19. The predicted molar refractivity (Wildman–Crippen MR) is 92.6 cm³/mol. The van der Waals surface area contributed by atoms with Crippen LogP contribution in [-0.2, 0) is 4.79 Å². The second kappa shape index (κ2) is 6.82. The van der Waals surface area contributed by atoms with Crippen LogP contribution in [0.3, 0.4) is 0 Å². The van der Waals surface area contributed by atoms with Crippen LogP contribution in [-0.4, -0.2) is 15.7 Å². The van der Waals surface area contributed by atoms with Gasteiger partial charge >= 0.3 is 0 Å². The van der Waals surface area contributed by atoms with Crippen molar-refractivity contribution in [2.75, 3.05) is 5.32 Å². The lowest BCUT2D eigenvalue weighted by molar-refractivity contribution is -0.112. The molecule has 1 heterocycles. The Morgan fingerprint density at radius 1 is 1.26 bits per heavy atom. The van der Waals surface area contributed by atoms with E-state index < -0.39 is 0 Å². The van der Waals surface area contributed by atoms with Crippen LogP contribution in [0.15, 0.2) is 48.2 Å². The summed E-state index contributed by atoms with van der Waals surface area (Å²) in [5, 5.41) is 7.39. The number of benzene rings is 1. The molecule has 1 N–H and O–H groups in total. The van der Waals surface area contributed by atoms with Gasteiger partial charge in [-0.2, -0.15) is 0 Å². The van der Waals surface area contributed by atoms with Gasteiger partial charge in [-0.3, -0.25) is 4.79 Å². The fourth-order valence-corrected chi connectivity index (χ4v) is 2.91. The highest BCUT2D eigenvalue weighted by atomic mass is 16.1. The van der Waals surface area contributed by atoms with E-state index in [-0.39, 0.29) is 5.91 Å². The first-order valence-electron chi connectivity index (χ1n) is 8.24. The van der Waals surface area contributed by atoms with Gasteiger partial charge in [-0.05, 0) is 50.7 Å². The maximum absolute atomic E-state index is 12.2. The van der Waals surface area contributed by atoms with Gasteiger partial charge < -0.3 is 5.32 Å².